The first-order valence-electron chi connectivity index (χ1n) is 6.23. The van der Waals surface area contributed by atoms with Gasteiger partial charge in [0.25, 0.3) is 0 Å². The number of hydrogen-bond acceptors (Lipinski definition) is 2. The van der Waals surface area contributed by atoms with Gasteiger partial charge in [0, 0.05) is 24.2 Å². The standard InChI is InChI=1S/C14H20ClFN2O/c1-5-17-14(2,3)13(19)18(4)9-10-11(15)7-6-8-12(10)16/h6-8,17H,5,9H2,1-4H3. The fourth-order valence-corrected chi connectivity index (χ4v) is 2.21. The third kappa shape index (κ3) is 3.91. The van der Waals surface area contributed by atoms with Crippen LogP contribution in [0.2, 0.25) is 5.02 Å². The summed E-state index contributed by atoms with van der Waals surface area (Å²) in [6.45, 7) is 6.38. The van der Waals surface area contributed by atoms with Gasteiger partial charge >= 0.3 is 0 Å². The van der Waals surface area contributed by atoms with Gasteiger partial charge in [0.15, 0.2) is 0 Å². The topological polar surface area (TPSA) is 32.3 Å². The van der Waals surface area contributed by atoms with Gasteiger partial charge in [-0.05, 0) is 32.5 Å². The van der Waals surface area contributed by atoms with Gasteiger partial charge in [-0.2, -0.15) is 0 Å². The molecule has 0 radical (unpaired) electrons. The van der Waals surface area contributed by atoms with E-state index >= 15 is 0 Å². The Morgan fingerprint density at radius 2 is 2.11 bits per heavy atom. The molecule has 0 aromatic heterocycles. The molecular formula is C14H20ClFN2O. The molecule has 106 valence electrons. The van der Waals surface area contributed by atoms with Gasteiger partial charge in [0.1, 0.15) is 5.82 Å². The molecule has 0 bridgehead atoms. The molecule has 1 aromatic rings. The zero-order chi connectivity index (χ0) is 14.6. The van der Waals surface area contributed by atoms with Crippen molar-refractivity contribution < 1.29 is 9.18 Å². The Hall–Kier alpha value is -1.13. The lowest BCUT2D eigenvalue weighted by molar-refractivity contribution is -0.136. The van der Waals surface area contributed by atoms with E-state index in [0.29, 0.717) is 17.1 Å². The van der Waals surface area contributed by atoms with Crippen LogP contribution >= 0.6 is 11.6 Å². The van der Waals surface area contributed by atoms with Crippen molar-refractivity contribution in [1.29, 1.82) is 0 Å². The zero-order valence-electron chi connectivity index (χ0n) is 11.8. The zero-order valence-corrected chi connectivity index (χ0v) is 12.5. The molecule has 1 N–H and O–H groups in total. The van der Waals surface area contributed by atoms with Gasteiger partial charge in [0.2, 0.25) is 5.91 Å². The number of likely N-dealkylation sites (N-methyl/N-ethyl adjacent to an activating group) is 2. The first-order chi connectivity index (χ1) is 8.79. The van der Waals surface area contributed by atoms with Crippen molar-refractivity contribution in [3.8, 4) is 0 Å². The summed E-state index contributed by atoms with van der Waals surface area (Å²) in [5.74, 6) is -0.498. The van der Waals surface area contributed by atoms with Crippen LogP contribution in [0.4, 0.5) is 4.39 Å². The van der Waals surface area contributed by atoms with Crippen molar-refractivity contribution in [2.45, 2.75) is 32.9 Å². The van der Waals surface area contributed by atoms with Crippen LogP contribution in [0.15, 0.2) is 18.2 Å². The molecule has 0 fully saturated rings. The summed E-state index contributed by atoms with van der Waals surface area (Å²) < 4.78 is 13.7. The minimum atomic E-state index is -0.679. The van der Waals surface area contributed by atoms with Crippen LogP contribution in [0.3, 0.4) is 0 Å². The van der Waals surface area contributed by atoms with E-state index in [1.807, 2.05) is 6.92 Å². The Labute approximate surface area is 118 Å². The molecule has 0 saturated heterocycles. The summed E-state index contributed by atoms with van der Waals surface area (Å²) >= 11 is 5.96. The van der Waals surface area contributed by atoms with Crippen molar-refractivity contribution in [3.63, 3.8) is 0 Å². The molecule has 0 aliphatic rings. The minimum Gasteiger partial charge on any atom is -0.340 e. The van der Waals surface area contributed by atoms with Crippen molar-refractivity contribution >= 4 is 17.5 Å². The second kappa shape index (κ2) is 6.35. The van der Waals surface area contributed by atoms with E-state index in [1.54, 1.807) is 33.0 Å². The van der Waals surface area contributed by atoms with E-state index in [1.165, 1.54) is 11.0 Å². The fraction of sp³-hybridized carbons (Fsp3) is 0.500. The first kappa shape index (κ1) is 15.9. The molecule has 19 heavy (non-hydrogen) atoms. The Balaban J connectivity index is 2.85. The van der Waals surface area contributed by atoms with Crippen molar-refractivity contribution in [2.24, 2.45) is 0 Å². The maximum Gasteiger partial charge on any atom is 0.242 e. The molecule has 0 heterocycles. The van der Waals surface area contributed by atoms with Crippen LogP contribution in [0, 0.1) is 5.82 Å². The fourth-order valence-electron chi connectivity index (χ4n) is 1.99. The van der Waals surface area contributed by atoms with E-state index in [9.17, 15) is 9.18 Å². The number of benzene rings is 1. The number of carbonyl (C=O) groups excluding carboxylic acids is 1. The minimum absolute atomic E-state index is 0.103. The van der Waals surface area contributed by atoms with Crippen LogP contribution in [0.1, 0.15) is 26.3 Å². The normalized spacial score (nSPS) is 11.5. The molecule has 3 nitrogen and oxygen atoms in total. The summed E-state index contributed by atoms with van der Waals surface area (Å²) in [5.41, 5.74) is -0.339. The second-order valence-electron chi connectivity index (χ2n) is 5.02. The van der Waals surface area contributed by atoms with E-state index in [2.05, 4.69) is 5.32 Å². The van der Waals surface area contributed by atoms with Crippen LogP contribution < -0.4 is 5.32 Å². The number of nitrogens with zero attached hydrogens (tertiary/aromatic N) is 1. The van der Waals surface area contributed by atoms with E-state index in [4.69, 9.17) is 11.6 Å². The maximum atomic E-state index is 13.7. The molecular weight excluding hydrogens is 267 g/mol. The van der Waals surface area contributed by atoms with Gasteiger partial charge < -0.3 is 10.2 Å². The highest BCUT2D eigenvalue weighted by Gasteiger charge is 2.29. The summed E-state index contributed by atoms with van der Waals surface area (Å²) in [6.07, 6.45) is 0. The lowest BCUT2D eigenvalue weighted by Gasteiger charge is -2.30. The van der Waals surface area contributed by atoms with Gasteiger partial charge in [-0.1, -0.05) is 24.6 Å². The summed E-state index contributed by atoms with van der Waals surface area (Å²) in [5, 5.41) is 3.43. The molecule has 0 atom stereocenters. The monoisotopic (exact) mass is 286 g/mol. The SMILES string of the molecule is CCNC(C)(C)C(=O)N(C)Cc1c(F)cccc1Cl. The average Bonchev–Trinajstić information content (AvgIpc) is 2.32. The van der Waals surface area contributed by atoms with E-state index < -0.39 is 11.4 Å². The number of halogens is 2. The van der Waals surface area contributed by atoms with Gasteiger partial charge in [-0.3, -0.25) is 4.79 Å². The van der Waals surface area contributed by atoms with Crippen molar-refractivity contribution in [2.75, 3.05) is 13.6 Å². The Morgan fingerprint density at radius 3 is 2.63 bits per heavy atom. The average molecular weight is 287 g/mol. The molecule has 1 aromatic carbocycles. The van der Waals surface area contributed by atoms with Gasteiger partial charge in [-0.15, -0.1) is 0 Å². The summed E-state index contributed by atoms with van der Waals surface area (Å²) in [6, 6.07) is 4.51. The summed E-state index contributed by atoms with van der Waals surface area (Å²) in [7, 11) is 1.64. The molecule has 1 amide bonds. The molecule has 5 heteroatoms. The molecule has 0 saturated carbocycles. The highest BCUT2D eigenvalue weighted by molar-refractivity contribution is 6.31. The predicted octanol–water partition coefficient (Wildman–Crippen LogP) is 2.83. The highest BCUT2D eigenvalue weighted by Crippen LogP contribution is 2.21. The highest BCUT2D eigenvalue weighted by atomic mass is 35.5. The first-order valence-corrected chi connectivity index (χ1v) is 6.61. The Morgan fingerprint density at radius 1 is 1.47 bits per heavy atom. The molecule has 0 spiro atoms. The number of rotatable bonds is 5. The van der Waals surface area contributed by atoms with Crippen LogP contribution in [0.5, 0.6) is 0 Å². The number of carbonyl (C=O) groups is 1. The molecule has 0 unspecified atom stereocenters. The van der Waals surface area contributed by atoms with E-state index in [0.717, 1.165) is 0 Å². The number of hydrogen-bond donors (Lipinski definition) is 1. The summed E-state index contributed by atoms with van der Waals surface area (Å²) in [4.78, 5) is 13.8. The largest absolute Gasteiger partial charge is 0.340 e. The van der Waals surface area contributed by atoms with E-state index in [-0.39, 0.29) is 12.5 Å². The maximum absolute atomic E-state index is 13.7. The quantitative estimate of drug-likeness (QED) is 0.903. The molecule has 0 aliphatic heterocycles. The second-order valence-corrected chi connectivity index (χ2v) is 5.42. The predicted molar refractivity (Wildman–Crippen MR) is 75.6 cm³/mol. The van der Waals surface area contributed by atoms with Crippen LogP contribution in [-0.2, 0) is 11.3 Å². The Kier molecular flexibility index (Phi) is 5.32. The van der Waals surface area contributed by atoms with Crippen LogP contribution in [0.25, 0.3) is 0 Å². The van der Waals surface area contributed by atoms with Gasteiger partial charge in [0.05, 0.1) is 5.54 Å². The lowest BCUT2D eigenvalue weighted by Crippen LogP contribution is -2.52. The number of nitrogens with one attached hydrogen (secondary N) is 1. The van der Waals surface area contributed by atoms with Crippen molar-refractivity contribution in [1.82, 2.24) is 10.2 Å². The molecule has 0 aliphatic carbocycles. The molecule has 1 rings (SSSR count). The van der Waals surface area contributed by atoms with Crippen LogP contribution in [-0.4, -0.2) is 29.9 Å². The van der Waals surface area contributed by atoms with Crippen molar-refractivity contribution in [3.05, 3.63) is 34.6 Å². The lowest BCUT2D eigenvalue weighted by atomic mass is 10.0. The smallest absolute Gasteiger partial charge is 0.242 e. The number of amides is 1. The Bertz CT molecular complexity index is 443. The third-order valence-electron chi connectivity index (χ3n) is 2.96. The van der Waals surface area contributed by atoms with Gasteiger partial charge in [-0.25, -0.2) is 4.39 Å². The third-order valence-corrected chi connectivity index (χ3v) is 3.31.